The maximum atomic E-state index is 12.8. The molecule has 11 heteroatoms. The molecule has 2 amide bonds. The maximum Gasteiger partial charge on any atom is 0.416 e. The highest BCUT2D eigenvalue weighted by atomic mass is 31.1. The van der Waals surface area contributed by atoms with Gasteiger partial charge in [-0.1, -0.05) is 20.5 Å². The predicted octanol–water partition coefficient (Wildman–Crippen LogP) is 4.49. The van der Waals surface area contributed by atoms with E-state index >= 15 is 0 Å². The van der Waals surface area contributed by atoms with Crippen molar-refractivity contribution < 1.29 is 22.7 Å². The van der Waals surface area contributed by atoms with Crippen LogP contribution in [0.2, 0.25) is 0 Å². The van der Waals surface area contributed by atoms with Gasteiger partial charge in [0, 0.05) is 42.3 Å². The van der Waals surface area contributed by atoms with Crippen molar-refractivity contribution in [1.82, 2.24) is 15.6 Å². The molecule has 7 nitrogen and oxygen atoms in total. The topological polar surface area (TPSA) is 78.5 Å². The minimum atomic E-state index is -4.43. The number of carbonyl (C=O) groups excluding carboxylic acids is 1. The number of urea groups is 1. The number of morpholine rings is 1. The number of allylic oxidation sites excluding steroid dienone is 2. The molecule has 0 aliphatic carbocycles. The van der Waals surface area contributed by atoms with Gasteiger partial charge in [-0.15, -0.1) is 0 Å². The third-order valence-corrected chi connectivity index (χ3v) is 7.04. The Balaban J connectivity index is 1.31. The number of pyridine rings is 1. The van der Waals surface area contributed by atoms with E-state index in [4.69, 9.17) is 4.74 Å². The summed E-state index contributed by atoms with van der Waals surface area (Å²) in [7, 11) is 0.494. The van der Waals surface area contributed by atoms with Crippen molar-refractivity contribution in [2.45, 2.75) is 12.0 Å². The van der Waals surface area contributed by atoms with Crippen LogP contribution in [-0.4, -0.2) is 43.1 Å². The number of hydrogen-bond acceptors (Lipinski definition) is 5. The molecule has 4 heterocycles. The molecule has 3 N–H and O–H groups in total. The van der Waals surface area contributed by atoms with Crippen LogP contribution in [0, 0.1) is 0 Å². The Morgan fingerprint density at radius 2 is 1.89 bits per heavy atom. The highest BCUT2D eigenvalue weighted by molar-refractivity contribution is 7.43. The fraction of sp³-hybridized carbons (Fsp3) is 0.250. The molecule has 1 fully saturated rings. The molecule has 2 atom stereocenters. The first-order valence-electron chi connectivity index (χ1n) is 11.1. The van der Waals surface area contributed by atoms with E-state index in [-0.39, 0.29) is 11.5 Å². The number of aromatic nitrogens is 1. The zero-order chi connectivity index (χ0) is 24.4. The zero-order valence-corrected chi connectivity index (χ0v) is 19.5. The van der Waals surface area contributed by atoms with Crippen LogP contribution in [0.3, 0.4) is 0 Å². The Hall–Kier alpha value is -3.36. The Kier molecular flexibility index (Phi) is 6.49. The first-order chi connectivity index (χ1) is 16.9. The summed E-state index contributed by atoms with van der Waals surface area (Å²) in [6, 6.07) is 7.79. The van der Waals surface area contributed by atoms with Crippen molar-refractivity contribution in [1.29, 1.82) is 0 Å². The number of nitrogens with one attached hydrogen (secondary N) is 3. The lowest BCUT2D eigenvalue weighted by molar-refractivity contribution is -0.137. The van der Waals surface area contributed by atoms with Crippen LogP contribution in [-0.2, 0) is 10.9 Å². The van der Waals surface area contributed by atoms with Crippen molar-refractivity contribution in [3.63, 3.8) is 0 Å². The molecule has 3 aliphatic heterocycles. The molecule has 1 aromatic heterocycles. The second-order valence-electron chi connectivity index (χ2n) is 8.14. The van der Waals surface area contributed by atoms with Gasteiger partial charge in [-0.25, -0.2) is 9.78 Å². The molecular weight excluding hydrogens is 478 g/mol. The fourth-order valence-corrected chi connectivity index (χ4v) is 5.25. The molecule has 3 aliphatic rings. The van der Waals surface area contributed by atoms with Gasteiger partial charge in [-0.05, 0) is 42.0 Å². The van der Waals surface area contributed by atoms with Crippen LogP contribution >= 0.6 is 8.58 Å². The fourth-order valence-electron chi connectivity index (χ4n) is 4.14. The minimum Gasteiger partial charge on any atom is -0.378 e. The molecule has 182 valence electrons. The summed E-state index contributed by atoms with van der Waals surface area (Å²) in [5.74, 6) is 3.04. The summed E-state index contributed by atoms with van der Waals surface area (Å²) >= 11 is 0. The third kappa shape index (κ3) is 5.18. The summed E-state index contributed by atoms with van der Waals surface area (Å²) in [4.78, 5) is 19.4. The van der Waals surface area contributed by atoms with Crippen LogP contribution < -0.4 is 20.9 Å². The van der Waals surface area contributed by atoms with E-state index in [0.29, 0.717) is 27.5 Å². The number of rotatable bonds is 4. The van der Waals surface area contributed by atoms with Gasteiger partial charge >= 0.3 is 12.2 Å². The average molecular weight is 501 g/mol. The smallest absolute Gasteiger partial charge is 0.378 e. The molecule has 2 aromatic rings. The Morgan fingerprint density at radius 1 is 1.11 bits per heavy atom. The number of alkyl halides is 3. The van der Waals surface area contributed by atoms with Gasteiger partial charge in [0.25, 0.3) is 0 Å². The zero-order valence-electron chi connectivity index (χ0n) is 18.5. The number of benzene rings is 1. The van der Waals surface area contributed by atoms with Crippen LogP contribution in [0.1, 0.15) is 11.1 Å². The Labute approximate surface area is 201 Å². The maximum absolute atomic E-state index is 12.8. The van der Waals surface area contributed by atoms with Gasteiger partial charge < -0.3 is 25.6 Å². The summed E-state index contributed by atoms with van der Waals surface area (Å²) in [6.07, 6.45) is 1.19. The number of nitrogens with zero attached hydrogens (tertiary/aromatic N) is 2. The summed E-state index contributed by atoms with van der Waals surface area (Å²) < 4.78 is 43.7. The van der Waals surface area contributed by atoms with E-state index in [1.807, 2.05) is 24.4 Å². The van der Waals surface area contributed by atoms with Gasteiger partial charge in [0.2, 0.25) is 0 Å². The number of halogens is 3. The highest BCUT2D eigenvalue weighted by Crippen LogP contribution is 2.42. The van der Waals surface area contributed by atoms with E-state index in [9.17, 15) is 18.0 Å². The van der Waals surface area contributed by atoms with E-state index in [0.717, 1.165) is 47.7 Å². The average Bonchev–Trinajstić information content (AvgIpc) is 3.27. The lowest BCUT2D eigenvalue weighted by Gasteiger charge is -2.28. The molecule has 0 spiro atoms. The number of carbonyl (C=O) groups is 1. The molecule has 0 radical (unpaired) electrons. The van der Waals surface area contributed by atoms with E-state index in [2.05, 4.69) is 31.7 Å². The molecule has 0 bridgehead atoms. The highest BCUT2D eigenvalue weighted by Gasteiger charge is 2.31. The van der Waals surface area contributed by atoms with Crippen LogP contribution in [0.25, 0.3) is 5.57 Å². The standard InChI is InChI=1S/C24H23F3N5O2P/c25-24(26,27)16-2-4-17(5-3-16)30-23(33)31-19-14-29-22-21(19)18(7-12-35-22)15-1-6-20(28-13-15)32-8-10-34-11-9-32/h1-7,12-14,22,29,35H,8-11H2,(H2,30,31,33). The second-order valence-corrected chi connectivity index (χ2v) is 9.39. The Bertz CT molecular complexity index is 1190. The number of hydrogen-bond donors (Lipinski definition) is 3. The SMILES string of the molecule is O=C(NC1=CNC2PC=CC(c3ccc(N4CCOCC4)nc3)=C12)Nc1ccc(C(F)(F)F)cc1. The summed E-state index contributed by atoms with van der Waals surface area (Å²) in [5, 5.41) is 8.72. The van der Waals surface area contributed by atoms with Crippen LogP contribution in [0.15, 0.2) is 72.0 Å². The van der Waals surface area contributed by atoms with Gasteiger partial charge in [-0.2, -0.15) is 13.2 Å². The van der Waals surface area contributed by atoms with Crippen LogP contribution in [0.5, 0.6) is 0 Å². The van der Waals surface area contributed by atoms with Crippen molar-refractivity contribution >= 4 is 31.7 Å². The molecule has 35 heavy (non-hydrogen) atoms. The molecule has 5 rings (SSSR count). The van der Waals surface area contributed by atoms with Crippen molar-refractivity contribution in [2.24, 2.45) is 0 Å². The van der Waals surface area contributed by atoms with Crippen molar-refractivity contribution in [2.75, 3.05) is 36.5 Å². The third-order valence-electron chi connectivity index (χ3n) is 5.89. The lowest BCUT2D eigenvalue weighted by atomic mass is 9.99. The predicted molar refractivity (Wildman–Crippen MR) is 130 cm³/mol. The van der Waals surface area contributed by atoms with Gasteiger partial charge in [0.05, 0.1) is 30.3 Å². The molecule has 0 saturated carbocycles. The summed E-state index contributed by atoms with van der Waals surface area (Å²) in [5.41, 5.74) is 2.95. The monoisotopic (exact) mass is 501 g/mol. The number of anilines is 2. The first-order valence-corrected chi connectivity index (χ1v) is 12.2. The Morgan fingerprint density at radius 3 is 2.57 bits per heavy atom. The largest absolute Gasteiger partial charge is 0.416 e. The van der Waals surface area contributed by atoms with Crippen molar-refractivity contribution in [3.05, 3.63) is 83.1 Å². The minimum absolute atomic E-state index is 0.0373. The lowest BCUT2D eigenvalue weighted by Crippen LogP contribution is -2.36. The van der Waals surface area contributed by atoms with E-state index in [1.54, 1.807) is 6.20 Å². The molecular formula is C24H23F3N5O2P. The quantitative estimate of drug-likeness (QED) is 0.539. The molecule has 1 aromatic carbocycles. The van der Waals surface area contributed by atoms with E-state index in [1.165, 1.54) is 12.1 Å². The number of ether oxygens (including phenoxy) is 1. The van der Waals surface area contributed by atoms with Gasteiger partial charge in [0.1, 0.15) is 5.82 Å². The van der Waals surface area contributed by atoms with Gasteiger partial charge in [-0.3, -0.25) is 0 Å². The number of amides is 2. The second kappa shape index (κ2) is 9.71. The molecule has 1 saturated heterocycles. The van der Waals surface area contributed by atoms with Crippen molar-refractivity contribution in [3.8, 4) is 0 Å². The summed E-state index contributed by atoms with van der Waals surface area (Å²) in [6.45, 7) is 2.98. The normalized spacial score (nSPS) is 20.4. The van der Waals surface area contributed by atoms with Crippen LogP contribution in [0.4, 0.5) is 29.5 Å². The molecule has 2 unspecified atom stereocenters. The van der Waals surface area contributed by atoms with E-state index < -0.39 is 17.8 Å². The number of fused-ring (bicyclic) bond motifs is 1. The first kappa shape index (κ1) is 23.4. The van der Waals surface area contributed by atoms with Gasteiger partial charge in [0.15, 0.2) is 0 Å².